The first-order chi connectivity index (χ1) is 7.88. The molecule has 0 radical (unpaired) electrons. The van der Waals surface area contributed by atoms with Crippen molar-refractivity contribution < 1.29 is 13.2 Å². The molecule has 0 bridgehead atoms. The van der Waals surface area contributed by atoms with E-state index >= 15 is 0 Å². The van der Waals surface area contributed by atoms with Crippen LogP contribution in [-0.4, -0.2) is 43.8 Å². The Kier molecular flexibility index (Phi) is 5.73. The van der Waals surface area contributed by atoms with Gasteiger partial charge in [-0.05, 0) is 58.8 Å². The Bertz CT molecular complexity index is 210. The largest absolute Gasteiger partial charge is 0.389 e. The summed E-state index contributed by atoms with van der Waals surface area (Å²) in [7, 11) is 2.11. The molecule has 0 aromatic carbocycles. The van der Waals surface area contributed by atoms with E-state index in [0.717, 1.165) is 25.9 Å². The monoisotopic (exact) mass is 252 g/mol. The number of nitrogens with one attached hydrogen (secondary N) is 1. The number of hydrogen-bond acceptors (Lipinski definition) is 2. The normalized spacial score (nSPS) is 21.7. The quantitative estimate of drug-likeness (QED) is 0.757. The van der Waals surface area contributed by atoms with E-state index in [4.69, 9.17) is 0 Å². The van der Waals surface area contributed by atoms with E-state index in [2.05, 4.69) is 24.2 Å². The summed E-state index contributed by atoms with van der Waals surface area (Å²) in [6.45, 7) is 4.75. The minimum atomic E-state index is -4.02. The second kappa shape index (κ2) is 6.59. The van der Waals surface area contributed by atoms with Crippen LogP contribution in [0.15, 0.2) is 0 Å². The minimum absolute atomic E-state index is 0.181. The van der Waals surface area contributed by atoms with Crippen LogP contribution in [0.1, 0.15) is 32.6 Å². The third-order valence-corrected chi connectivity index (χ3v) is 3.57. The van der Waals surface area contributed by atoms with Crippen molar-refractivity contribution in [1.29, 1.82) is 0 Å². The van der Waals surface area contributed by atoms with Crippen LogP contribution in [0.25, 0.3) is 0 Å². The van der Waals surface area contributed by atoms with Crippen LogP contribution < -0.4 is 5.32 Å². The molecule has 0 spiro atoms. The first kappa shape index (κ1) is 14.8. The third kappa shape index (κ3) is 6.27. The van der Waals surface area contributed by atoms with Crippen LogP contribution in [0, 0.1) is 5.92 Å². The maximum absolute atomic E-state index is 11.9. The van der Waals surface area contributed by atoms with E-state index < -0.39 is 12.6 Å². The molecule has 1 aliphatic rings. The first-order valence-electron chi connectivity index (χ1n) is 6.37. The van der Waals surface area contributed by atoms with Crippen molar-refractivity contribution in [3.63, 3.8) is 0 Å². The lowest BCUT2D eigenvalue weighted by molar-refractivity contribution is -0.135. The summed E-state index contributed by atoms with van der Waals surface area (Å²) in [5, 5.41) is 3.22. The number of rotatable bonds is 5. The van der Waals surface area contributed by atoms with Crippen LogP contribution in [0.4, 0.5) is 13.2 Å². The number of hydrogen-bond donors (Lipinski definition) is 1. The predicted molar refractivity (Wildman–Crippen MR) is 63.0 cm³/mol. The van der Waals surface area contributed by atoms with Gasteiger partial charge in [-0.25, -0.2) is 0 Å². The van der Waals surface area contributed by atoms with E-state index in [1.807, 2.05) is 0 Å². The smallest absolute Gasteiger partial charge is 0.314 e. The maximum Gasteiger partial charge on any atom is 0.389 e. The van der Waals surface area contributed by atoms with Crippen molar-refractivity contribution in [2.75, 3.05) is 26.7 Å². The number of likely N-dealkylation sites (tertiary alicyclic amines) is 1. The Balaban J connectivity index is 2.10. The van der Waals surface area contributed by atoms with Crippen LogP contribution >= 0.6 is 0 Å². The predicted octanol–water partition coefficient (Wildman–Crippen LogP) is 2.65. The molecule has 102 valence electrons. The molecule has 0 aliphatic carbocycles. The maximum atomic E-state index is 11.9. The Morgan fingerprint density at radius 1 is 1.29 bits per heavy atom. The second-order valence-electron chi connectivity index (χ2n) is 5.10. The highest BCUT2D eigenvalue weighted by Gasteiger charge is 2.26. The highest BCUT2D eigenvalue weighted by molar-refractivity contribution is 4.78. The summed E-state index contributed by atoms with van der Waals surface area (Å²) in [6, 6.07) is 0.330. The molecule has 0 aromatic heterocycles. The van der Waals surface area contributed by atoms with E-state index in [9.17, 15) is 13.2 Å². The molecule has 1 heterocycles. The molecule has 5 heteroatoms. The average molecular weight is 252 g/mol. The summed E-state index contributed by atoms with van der Waals surface area (Å²) >= 11 is 0. The zero-order valence-corrected chi connectivity index (χ0v) is 10.7. The van der Waals surface area contributed by atoms with Crippen molar-refractivity contribution in [1.82, 2.24) is 10.2 Å². The summed E-state index contributed by atoms with van der Waals surface area (Å²) in [4.78, 5) is 2.30. The van der Waals surface area contributed by atoms with E-state index in [1.165, 1.54) is 0 Å². The van der Waals surface area contributed by atoms with Crippen LogP contribution in [0.3, 0.4) is 0 Å². The lowest BCUT2D eigenvalue weighted by Crippen LogP contribution is -2.41. The van der Waals surface area contributed by atoms with Gasteiger partial charge in [-0.3, -0.25) is 0 Å². The van der Waals surface area contributed by atoms with Gasteiger partial charge in [0, 0.05) is 12.5 Å². The summed E-state index contributed by atoms with van der Waals surface area (Å²) in [6.07, 6.45) is -2.23. The molecule has 0 aromatic rings. The Morgan fingerprint density at radius 2 is 1.88 bits per heavy atom. The van der Waals surface area contributed by atoms with Crippen molar-refractivity contribution in [3.8, 4) is 0 Å². The minimum Gasteiger partial charge on any atom is -0.314 e. The van der Waals surface area contributed by atoms with Crippen LogP contribution in [-0.2, 0) is 0 Å². The van der Waals surface area contributed by atoms with Gasteiger partial charge >= 0.3 is 6.18 Å². The molecular weight excluding hydrogens is 229 g/mol. The molecule has 1 unspecified atom stereocenters. The van der Waals surface area contributed by atoms with Crippen molar-refractivity contribution in [3.05, 3.63) is 0 Å². The Morgan fingerprint density at radius 3 is 2.41 bits per heavy atom. The van der Waals surface area contributed by atoms with Gasteiger partial charge in [-0.2, -0.15) is 13.2 Å². The average Bonchev–Trinajstić information content (AvgIpc) is 2.24. The van der Waals surface area contributed by atoms with E-state index in [1.54, 1.807) is 0 Å². The Labute approximate surface area is 102 Å². The van der Waals surface area contributed by atoms with Crippen molar-refractivity contribution in [2.24, 2.45) is 5.92 Å². The van der Waals surface area contributed by atoms with Gasteiger partial charge in [-0.1, -0.05) is 0 Å². The van der Waals surface area contributed by atoms with Gasteiger partial charge in [-0.15, -0.1) is 0 Å². The van der Waals surface area contributed by atoms with Crippen LogP contribution in [0.2, 0.25) is 0 Å². The fourth-order valence-corrected chi connectivity index (χ4v) is 2.31. The lowest BCUT2D eigenvalue weighted by atomic mass is 9.90. The molecule has 1 atom stereocenters. The number of halogens is 3. The fourth-order valence-electron chi connectivity index (χ4n) is 2.31. The van der Waals surface area contributed by atoms with Gasteiger partial charge in [0.25, 0.3) is 0 Å². The molecule has 2 nitrogen and oxygen atoms in total. The van der Waals surface area contributed by atoms with Gasteiger partial charge in [0.15, 0.2) is 0 Å². The SMILES string of the molecule is CC(NCCCC(F)(F)F)C1CCN(C)CC1. The zero-order valence-electron chi connectivity index (χ0n) is 10.7. The van der Waals surface area contributed by atoms with Gasteiger partial charge in [0.1, 0.15) is 0 Å². The van der Waals surface area contributed by atoms with E-state index in [-0.39, 0.29) is 6.42 Å². The van der Waals surface area contributed by atoms with Crippen molar-refractivity contribution >= 4 is 0 Å². The zero-order chi connectivity index (χ0) is 12.9. The molecule has 0 saturated carbocycles. The molecular formula is C12H23F3N2. The summed E-state index contributed by atoms with van der Waals surface area (Å²) in [5.41, 5.74) is 0. The van der Waals surface area contributed by atoms with Crippen LogP contribution in [0.5, 0.6) is 0 Å². The number of nitrogens with zero attached hydrogens (tertiary/aromatic N) is 1. The fraction of sp³-hybridized carbons (Fsp3) is 1.00. The second-order valence-corrected chi connectivity index (χ2v) is 5.10. The molecule has 1 N–H and O–H groups in total. The van der Waals surface area contributed by atoms with Gasteiger partial charge in [0.05, 0.1) is 0 Å². The molecule has 0 amide bonds. The standard InChI is InChI=1S/C12H23F3N2/c1-10(11-4-8-17(2)9-5-11)16-7-3-6-12(13,14)15/h10-11,16H,3-9H2,1-2H3. The van der Waals surface area contributed by atoms with E-state index in [0.29, 0.717) is 18.5 Å². The highest BCUT2D eigenvalue weighted by atomic mass is 19.4. The summed E-state index contributed by atoms with van der Waals surface area (Å²) in [5.74, 6) is 0.608. The lowest BCUT2D eigenvalue weighted by Gasteiger charge is -2.33. The molecule has 1 aliphatic heterocycles. The highest BCUT2D eigenvalue weighted by Crippen LogP contribution is 2.22. The summed E-state index contributed by atoms with van der Waals surface area (Å²) < 4.78 is 35.8. The number of piperidine rings is 1. The van der Waals surface area contributed by atoms with Gasteiger partial charge in [0.2, 0.25) is 0 Å². The number of alkyl halides is 3. The topological polar surface area (TPSA) is 15.3 Å². The molecule has 17 heavy (non-hydrogen) atoms. The Hall–Kier alpha value is -0.290. The first-order valence-corrected chi connectivity index (χ1v) is 6.37. The molecule has 1 fully saturated rings. The van der Waals surface area contributed by atoms with Gasteiger partial charge < -0.3 is 10.2 Å². The third-order valence-electron chi connectivity index (χ3n) is 3.57. The van der Waals surface area contributed by atoms with Crippen molar-refractivity contribution in [2.45, 2.75) is 44.8 Å². The molecule has 1 rings (SSSR count). The molecule has 1 saturated heterocycles.